The van der Waals surface area contributed by atoms with Crippen molar-refractivity contribution in [3.8, 4) is 0 Å². The van der Waals surface area contributed by atoms with Gasteiger partial charge < -0.3 is 10.0 Å². The summed E-state index contributed by atoms with van der Waals surface area (Å²) in [5.41, 5.74) is 1.01. The Hall–Kier alpha value is -2.05. The summed E-state index contributed by atoms with van der Waals surface area (Å²) >= 11 is 0. The van der Waals surface area contributed by atoms with Gasteiger partial charge in [-0.1, -0.05) is 36.4 Å². The topological polar surface area (TPSA) is 27.8 Å². The van der Waals surface area contributed by atoms with Gasteiger partial charge in [-0.3, -0.25) is 4.85 Å². The molecule has 0 fully saturated rings. The standard InChI is InChI=1S/C14H14N2O/c1-15-11-16(9-10-17)14-8-4-6-12-5-2-3-7-13(12)14/h2-8,17H,9-11H2. The first-order chi connectivity index (χ1) is 8.36. The first kappa shape index (κ1) is 11.4. The summed E-state index contributed by atoms with van der Waals surface area (Å²) in [5.74, 6) is 0. The first-order valence-corrected chi connectivity index (χ1v) is 5.53. The molecule has 3 nitrogen and oxygen atoms in total. The maximum absolute atomic E-state index is 9.05. The van der Waals surface area contributed by atoms with Gasteiger partial charge >= 0.3 is 0 Å². The molecule has 0 amide bonds. The van der Waals surface area contributed by atoms with Gasteiger partial charge in [-0.05, 0) is 11.5 Å². The van der Waals surface area contributed by atoms with Crippen LogP contribution in [0.15, 0.2) is 42.5 Å². The van der Waals surface area contributed by atoms with Crippen LogP contribution in [-0.2, 0) is 0 Å². The Morgan fingerprint density at radius 1 is 1.12 bits per heavy atom. The molecular weight excluding hydrogens is 212 g/mol. The van der Waals surface area contributed by atoms with E-state index in [0.29, 0.717) is 6.54 Å². The monoisotopic (exact) mass is 226 g/mol. The van der Waals surface area contributed by atoms with Crippen molar-refractivity contribution in [3.05, 3.63) is 53.9 Å². The van der Waals surface area contributed by atoms with Crippen LogP contribution in [0.2, 0.25) is 0 Å². The van der Waals surface area contributed by atoms with Crippen LogP contribution in [0, 0.1) is 6.57 Å². The molecule has 0 bridgehead atoms. The predicted octanol–water partition coefficient (Wildman–Crippen LogP) is 2.52. The number of aliphatic hydroxyl groups excluding tert-OH is 1. The van der Waals surface area contributed by atoms with Crippen molar-refractivity contribution in [3.63, 3.8) is 0 Å². The van der Waals surface area contributed by atoms with Crippen molar-refractivity contribution < 1.29 is 5.11 Å². The van der Waals surface area contributed by atoms with Gasteiger partial charge in [0.2, 0.25) is 0 Å². The molecule has 2 aromatic carbocycles. The fourth-order valence-electron chi connectivity index (χ4n) is 1.96. The second-order valence-electron chi connectivity index (χ2n) is 3.78. The van der Waals surface area contributed by atoms with Crippen LogP contribution in [0.25, 0.3) is 15.6 Å². The highest BCUT2D eigenvalue weighted by molar-refractivity contribution is 5.94. The highest BCUT2D eigenvalue weighted by Gasteiger charge is 2.10. The van der Waals surface area contributed by atoms with Crippen molar-refractivity contribution in [1.82, 2.24) is 0 Å². The van der Waals surface area contributed by atoms with Crippen molar-refractivity contribution in [2.75, 3.05) is 24.7 Å². The van der Waals surface area contributed by atoms with Crippen LogP contribution in [-0.4, -0.2) is 24.9 Å². The number of benzene rings is 2. The maximum Gasteiger partial charge on any atom is 0.289 e. The average molecular weight is 226 g/mol. The van der Waals surface area contributed by atoms with Crippen LogP contribution in [0.4, 0.5) is 5.69 Å². The largest absolute Gasteiger partial charge is 0.395 e. The van der Waals surface area contributed by atoms with E-state index in [4.69, 9.17) is 11.7 Å². The van der Waals surface area contributed by atoms with Gasteiger partial charge in [0.05, 0.1) is 12.3 Å². The van der Waals surface area contributed by atoms with Crippen LogP contribution in [0.3, 0.4) is 0 Å². The van der Waals surface area contributed by atoms with Gasteiger partial charge in [0.15, 0.2) is 0 Å². The molecule has 0 atom stereocenters. The molecule has 2 rings (SSSR count). The summed E-state index contributed by atoms with van der Waals surface area (Å²) in [5, 5.41) is 11.3. The van der Waals surface area contributed by atoms with E-state index >= 15 is 0 Å². The Labute approximate surface area is 101 Å². The molecule has 2 aromatic rings. The smallest absolute Gasteiger partial charge is 0.289 e. The Balaban J connectivity index is 2.49. The van der Waals surface area contributed by atoms with Gasteiger partial charge in [-0.25, -0.2) is 6.57 Å². The van der Waals surface area contributed by atoms with Gasteiger partial charge in [0.1, 0.15) is 0 Å². The zero-order valence-electron chi connectivity index (χ0n) is 9.50. The molecule has 0 aromatic heterocycles. The molecule has 0 aliphatic carbocycles. The predicted molar refractivity (Wildman–Crippen MR) is 69.8 cm³/mol. The summed E-state index contributed by atoms with van der Waals surface area (Å²) in [6, 6.07) is 14.1. The molecule has 0 spiro atoms. The van der Waals surface area contributed by atoms with Crippen LogP contribution >= 0.6 is 0 Å². The number of anilines is 1. The number of nitrogens with zero attached hydrogens (tertiary/aromatic N) is 2. The number of hydrogen-bond acceptors (Lipinski definition) is 2. The molecule has 0 saturated heterocycles. The average Bonchev–Trinajstić information content (AvgIpc) is 2.38. The van der Waals surface area contributed by atoms with E-state index in [0.717, 1.165) is 16.5 Å². The Kier molecular flexibility index (Phi) is 3.59. The molecule has 3 heteroatoms. The van der Waals surface area contributed by atoms with E-state index in [1.807, 2.05) is 47.4 Å². The number of rotatable bonds is 4. The van der Waals surface area contributed by atoms with Crippen LogP contribution in [0.5, 0.6) is 0 Å². The van der Waals surface area contributed by atoms with E-state index in [1.165, 1.54) is 0 Å². The lowest BCUT2D eigenvalue weighted by atomic mass is 10.1. The van der Waals surface area contributed by atoms with Crippen LogP contribution < -0.4 is 4.90 Å². The molecule has 0 radical (unpaired) electrons. The third kappa shape index (κ3) is 2.38. The summed E-state index contributed by atoms with van der Waals surface area (Å²) in [7, 11) is 0. The van der Waals surface area contributed by atoms with Crippen molar-refractivity contribution in [2.45, 2.75) is 0 Å². The molecular formula is C14H14N2O. The highest BCUT2D eigenvalue weighted by Crippen LogP contribution is 2.26. The molecule has 0 aliphatic rings. The zero-order chi connectivity index (χ0) is 12.1. The van der Waals surface area contributed by atoms with Gasteiger partial charge in [0.25, 0.3) is 6.67 Å². The molecule has 0 saturated carbocycles. The Bertz CT molecular complexity index is 540. The molecule has 1 N–H and O–H groups in total. The lowest BCUT2D eigenvalue weighted by Gasteiger charge is -2.19. The second-order valence-corrected chi connectivity index (χ2v) is 3.78. The van der Waals surface area contributed by atoms with E-state index < -0.39 is 0 Å². The highest BCUT2D eigenvalue weighted by atomic mass is 16.3. The lowest BCUT2D eigenvalue weighted by molar-refractivity contribution is 0.303. The maximum atomic E-state index is 9.05. The minimum Gasteiger partial charge on any atom is -0.395 e. The second kappa shape index (κ2) is 5.33. The normalized spacial score (nSPS) is 10.1. The van der Waals surface area contributed by atoms with Gasteiger partial charge in [-0.15, -0.1) is 0 Å². The minimum atomic E-state index is 0.0543. The van der Waals surface area contributed by atoms with E-state index in [9.17, 15) is 0 Å². The molecule has 0 unspecified atom stereocenters. The van der Waals surface area contributed by atoms with Crippen molar-refractivity contribution in [1.29, 1.82) is 0 Å². The van der Waals surface area contributed by atoms with Crippen molar-refractivity contribution >= 4 is 16.5 Å². The molecule has 17 heavy (non-hydrogen) atoms. The molecule has 0 aliphatic heterocycles. The summed E-state index contributed by atoms with van der Waals surface area (Å²) in [6.07, 6.45) is 0. The lowest BCUT2D eigenvalue weighted by Crippen LogP contribution is -2.26. The Morgan fingerprint density at radius 3 is 2.65 bits per heavy atom. The number of hydrogen-bond donors (Lipinski definition) is 1. The van der Waals surface area contributed by atoms with Crippen molar-refractivity contribution in [2.24, 2.45) is 0 Å². The molecule has 86 valence electrons. The SMILES string of the molecule is [C-]#[N+]CN(CCO)c1cccc2ccccc12. The Morgan fingerprint density at radius 2 is 1.88 bits per heavy atom. The fourth-order valence-corrected chi connectivity index (χ4v) is 1.96. The summed E-state index contributed by atoms with van der Waals surface area (Å²) in [6.45, 7) is 7.78. The van der Waals surface area contributed by atoms with E-state index in [1.54, 1.807) is 0 Å². The fraction of sp³-hybridized carbons (Fsp3) is 0.214. The van der Waals surface area contributed by atoms with Crippen LogP contribution in [0.1, 0.15) is 0 Å². The third-order valence-electron chi connectivity index (χ3n) is 2.72. The summed E-state index contributed by atoms with van der Waals surface area (Å²) < 4.78 is 0. The molecule has 0 heterocycles. The van der Waals surface area contributed by atoms with Gasteiger partial charge in [-0.2, -0.15) is 0 Å². The van der Waals surface area contributed by atoms with E-state index in [-0.39, 0.29) is 13.3 Å². The number of aliphatic hydroxyl groups is 1. The zero-order valence-corrected chi connectivity index (χ0v) is 9.50. The quantitative estimate of drug-likeness (QED) is 0.811. The number of fused-ring (bicyclic) bond motifs is 1. The third-order valence-corrected chi connectivity index (χ3v) is 2.72. The summed E-state index contributed by atoms with van der Waals surface area (Å²) in [4.78, 5) is 5.30. The van der Waals surface area contributed by atoms with E-state index in [2.05, 4.69) is 4.85 Å². The minimum absolute atomic E-state index is 0.0543. The first-order valence-electron chi connectivity index (χ1n) is 5.53. The van der Waals surface area contributed by atoms with Gasteiger partial charge in [0, 0.05) is 11.9 Å².